The summed E-state index contributed by atoms with van der Waals surface area (Å²) in [5.41, 5.74) is 7.93. The van der Waals surface area contributed by atoms with E-state index in [1.165, 1.54) is 5.56 Å². The first-order valence-corrected chi connectivity index (χ1v) is 6.45. The van der Waals surface area contributed by atoms with Crippen molar-refractivity contribution in [3.05, 3.63) is 23.3 Å². The Hall–Kier alpha value is -1.26. The van der Waals surface area contributed by atoms with E-state index in [1.807, 2.05) is 12.1 Å². The molecule has 2 rings (SSSR count). The van der Waals surface area contributed by atoms with Crippen molar-refractivity contribution >= 4 is 0 Å². The smallest absolute Gasteiger partial charge is 0.126 e. The van der Waals surface area contributed by atoms with Crippen LogP contribution in [0.15, 0.2) is 12.1 Å². The van der Waals surface area contributed by atoms with Gasteiger partial charge in [-0.1, -0.05) is 0 Å². The molecule has 1 aromatic rings. The summed E-state index contributed by atoms with van der Waals surface area (Å²) in [4.78, 5) is 0. The van der Waals surface area contributed by atoms with E-state index in [0.29, 0.717) is 13.2 Å². The third-order valence-corrected chi connectivity index (χ3v) is 3.04. The minimum atomic E-state index is 0.505. The number of hydrogen-bond acceptors (Lipinski definition) is 4. The molecule has 18 heavy (non-hydrogen) atoms. The van der Waals surface area contributed by atoms with Gasteiger partial charge in [0.2, 0.25) is 0 Å². The fourth-order valence-electron chi connectivity index (χ4n) is 2.11. The molecule has 1 aromatic carbocycles. The summed E-state index contributed by atoms with van der Waals surface area (Å²) in [5.74, 6) is 1.86. The summed E-state index contributed by atoms with van der Waals surface area (Å²) >= 11 is 0. The van der Waals surface area contributed by atoms with Gasteiger partial charge in [-0.05, 0) is 30.5 Å². The second-order valence-electron chi connectivity index (χ2n) is 4.42. The maximum absolute atomic E-state index is 5.83. The van der Waals surface area contributed by atoms with Crippen molar-refractivity contribution in [1.82, 2.24) is 0 Å². The van der Waals surface area contributed by atoms with E-state index in [1.54, 1.807) is 7.11 Å². The summed E-state index contributed by atoms with van der Waals surface area (Å²) in [6.07, 6.45) is 2.95. The lowest BCUT2D eigenvalue weighted by molar-refractivity contribution is 0.171. The monoisotopic (exact) mass is 251 g/mol. The summed E-state index contributed by atoms with van der Waals surface area (Å²) in [6.45, 7) is 2.67. The Morgan fingerprint density at radius 3 is 3.00 bits per heavy atom. The first-order valence-electron chi connectivity index (χ1n) is 6.45. The van der Waals surface area contributed by atoms with Crippen molar-refractivity contribution in [2.75, 3.05) is 26.9 Å². The van der Waals surface area contributed by atoms with Crippen molar-refractivity contribution in [2.45, 2.75) is 25.8 Å². The molecule has 0 saturated carbocycles. The highest BCUT2D eigenvalue weighted by molar-refractivity contribution is 5.49. The normalized spacial score (nSPS) is 13.9. The van der Waals surface area contributed by atoms with Gasteiger partial charge in [-0.3, -0.25) is 0 Å². The van der Waals surface area contributed by atoms with Gasteiger partial charge < -0.3 is 19.9 Å². The van der Waals surface area contributed by atoms with Crippen LogP contribution in [-0.4, -0.2) is 26.9 Å². The molecule has 0 radical (unpaired) electrons. The summed E-state index contributed by atoms with van der Waals surface area (Å²) in [6, 6.07) is 4.05. The number of nitrogens with two attached hydrogens (primary N) is 1. The number of fused-ring (bicyclic) bond motifs is 1. The lowest BCUT2D eigenvalue weighted by Crippen LogP contribution is -2.12. The van der Waals surface area contributed by atoms with Gasteiger partial charge in [0.15, 0.2) is 0 Å². The van der Waals surface area contributed by atoms with Crippen LogP contribution >= 0.6 is 0 Å². The molecule has 0 saturated heterocycles. The molecule has 0 aromatic heterocycles. The van der Waals surface area contributed by atoms with Gasteiger partial charge in [0.05, 0.1) is 13.2 Å². The lowest BCUT2D eigenvalue weighted by atomic mass is 10.0. The highest BCUT2D eigenvalue weighted by Crippen LogP contribution is 2.34. The maximum Gasteiger partial charge on any atom is 0.126 e. The molecule has 0 atom stereocenters. The van der Waals surface area contributed by atoms with E-state index in [2.05, 4.69) is 0 Å². The summed E-state index contributed by atoms with van der Waals surface area (Å²) in [7, 11) is 1.70. The molecule has 2 N–H and O–H groups in total. The Morgan fingerprint density at radius 1 is 1.33 bits per heavy atom. The maximum atomic E-state index is 5.83. The van der Waals surface area contributed by atoms with Gasteiger partial charge in [-0.2, -0.15) is 0 Å². The molecule has 100 valence electrons. The Kier molecular flexibility index (Phi) is 4.84. The fraction of sp³-hybridized carbons (Fsp3) is 0.571. The molecule has 0 fully saturated rings. The zero-order valence-electron chi connectivity index (χ0n) is 10.9. The van der Waals surface area contributed by atoms with Crippen LogP contribution in [0, 0.1) is 0 Å². The van der Waals surface area contributed by atoms with Gasteiger partial charge in [0.1, 0.15) is 11.5 Å². The van der Waals surface area contributed by atoms with Gasteiger partial charge in [0, 0.05) is 32.2 Å². The molecule has 0 bridgehead atoms. The van der Waals surface area contributed by atoms with Crippen molar-refractivity contribution in [3.63, 3.8) is 0 Å². The quantitative estimate of drug-likeness (QED) is 0.784. The van der Waals surface area contributed by atoms with Crippen molar-refractivity contribution in [2.24, 2.45) is 5.73 Å². The topological polar surface area (TPSA) is 53.7 Å². The Labute approximate surface area is 108 Å². The third kappa shape index (κ3) is 3.15. The van der Waals surface area contributed by atoms with Crippen LogP contribution in [0.25, 0.3) is 0 Å². The highest BCUT2D eigenvalue weighted by Gasteiger charge is 2.16. The second-order valence-corrected chi connectivity index (χ2v) is 4.42. The van der Waals surface area contributed by atoms with Crippen molar-refractivity contribution < 1.29 is 14.2 Å². The van der Waals surface area contributed by atoms with Crippen LogP contribution in [0.4, 0.5) is 0 Å². The van der Waals surface area contributed by atoms with E-state index in [-0.39, 0.29) is 0 Å². The SMILES string of the molecule is COCCCOc1cc(CN)cc2c1CCCO2. The first kappa shape index (κ1) is 13.2. The predicted octanol–water partition coefficient (Wildman–Crippen LogP) is 1.89. The van der Waals surface area contributed by atoms with Crippen LogP contribution < -0.4 is 15.2 Å². The number of hydrogen-bond donors (Lipinski definition) is 1. The molecular weight excluding hydrogens is 230 g/mol. The van der Waals surface area contributed by atoms with E-state index in [0.717, 1.165) is 49.5 Å². The number of methoxy groups -OCH3 is 1. The molecule has 4 nitrogen and oxygen atoms in total. The van der Waals surface area contributed by atoms with Gasteiger partial charge in [-0.15, -0.1) is 0 Å². The van der Waals surface area contributed by atoms with Crippen LogP contribution in [0.1, 0.15) is 24.0 Å². The lowest BCUT2D eigenvalue weighted by Gasteiger charge is -2.21. The van der Waals surface area contributed by atoms with Crippen LogP contribution in [0.5, 0.6) is 11.5 Å². The number of rotatable bonds is 6. The molecule has 0 spiro atoms. The molecule has 0 amide bonds. The van der Waals surface area contributed by atoms with Crippen molar-refractivity contribution in [3.8, 4) is 11.5 Å². The molecule has 0 aliphatic carbocycles. The van der Waals surface area contributed by atoms with Crippen LogP contribution in [-0.2, 0) is 17.7 Å². The van der Waals surface area contributed by atoms with E-state index in [9.17, 15) is 0 Å². The first-order chi connectivity index (χ1) is 8.85. The van der Waals surface area contributed by atoms with Crippen LogP contribution in [0.2, 0.25) is 0 Å². The number of benzene rings is 1. The number of ether oxygens (including phenoxy) is 3. The van der Waals surface area contributed by atoms with Gasteiger partial charge in [0.25, 0.3) is 0 Å². The Bertz CT molecular complexity index is 393. The standard InChI is InChI=1S/C14H21NO3/c1-16-5-3-7-18-14-9-11(10-15)8-13-12(14)4-2-6-17-13/h8-9H,2-7,10,15H2,1H3. The second kappa shape index (κ2) is 6.61. The van der Waals surface area contributed by atoms with Gasteiger partial charge in [-0.25, -0.2) is 0 Å². The minimum absolute atomic E-state index is 0.505. The zero-order chi connectivity index (χ0) is 12.8. The third-order valence-electron chi connectivity index (χ3n) is 3.04. The summed E-state index contributed by atoms with van der Waals surface area (Å²) in [5, 5.41) is 0. The molecule has 1 heterocycles. The fourth-order valence-corrected chi connectivity index (χ4v) is 2.11. The molecular formula is C14H21NO3. The zero-order valence-corrected chi connectivity index (χ0v) is 10.9. The molecule has 1 aliphatic rings. The van der Waals surface area contributed by atoms with E-state index >= 15 is 0 Å². The van der Waals surface area contributed by atoms with E-state index in [4.69, 9.17) is 19.9 Å². The highest BCUT2D eigenvalue weighted by atomic mass is 16.5. The van der Waals surface area contributed by atoms with E-state index < -0.39 is 0 Å². The van der Waals surface area contributed by atoms with Gasteiger partial charge >= 0.3 is 0 Å². The predicted molar refractivity (Wildman–Crippen MR) is 70.1 cm³/mol. The molecule has 0 unspecified atom stereocenters. The average Bonchev–Trinajstić information content (AvgIpc) is 2.43. The Balaban J connectivity index is 2.11. The molecule has 4 heteroatoms. The van der Waals surface area contributed by atoms with Crippen molar-refractivity contribution in [1.29, 1.82) is 0 Å². The Morgan fingerprint density at radius 2 is 2.22 bits per heavy atom. The largest absolute Gasteiger partial charge is 0.493 e. The summed E-state index contributed by atoms with van der Waals surface area (Å²) < 4.78 is 16.5. The van der Waals surface area contributed by atoms with Crippen LogP contribution in [0.3, 0.4) is 0 Å². The average molecular weight is 251 g/mol. The minimum Gasteiger partial charge on any atom is -0.493 e. The molecule has 1 aliphatic heterocycles.